The zero-order chi connectivity index (χ0) is 40.2. The van der Waals surface area contributed by atoms with Crippen molar-refractivity contribution in [3.05, 3.63) is 144 Å². The maximum absolute atomic E-state index is 5.26. The van der Waals surface area contributed by atoms with Crippen molar-refractivity contribution in [3.8, 4) is 67.8 Å². The smallest absolute Gasteiger partial charge is 0.138 e. The van der Waals surface area contributed by atoms with Gasteiger partial charge in [0.1, 0.15) is 11.6 Å². The van der Waals surface area contributed by atoms with Crippen LogP contribution in [-0.4, -0.2) is 19.9 Å². The molecule has 0 saturated heterocycles. The topological polar surface area (TPSA) is 57.4 Å². The van der Waals surface area contributed by atoms with Gasteiger partial charge in [0.2, 0.25) is 0 Å². The fraction of sp³-hybridized carbons (Fsp3) is 0.308. The molecule has 0 amide bonds. The summed E-state index contributed by atoms with van der Waals surface area (Å²) in [7, 11) is 0. The predicted octanol–water partition coefficient (Wildman–Crippen LogP) is 14.3. The molecule has 56 heavy (non-hydrogen) atoms. The highest BCUT2D eigenvalue weighted by Gasteiger charge is 2.22. The van der Waals surface area contributed by atoms with Gasteiger partial charge in [0.05, 0.1) is 22.8 Å². The molecule has 7 aromatic rings. The average Bonchev–Trinajstić information content (AvgIpc) is 3.80. The van der Waals surface area contributed by atoms with Gasteiger partial charge in [0.25, 0.3) is 0 Å². The third-order valence-electron chi connectivity index (χ3n) is 11.0. The van der Waals surface area contributed by atoms with Crippen LogP contribution in [0, 0.1) is 0 Å². The third-order valence-corrected chi connectivity index (χ3v) is 11.0. The van der Waals surface area contributed by atoms with Crippen LogP contribution in [0.1, 0.15) is 105 Å². The minimum Gasteiger partial charge on any atom is -0.337 e. The van der Waals surface area contributed by atoms with E-state index >= 15 is 0 Å². The zero-order valence-electron chi connectivity index (χ0n) is 35.4. The lowest BCUT2D eigenvalue weighted by molar-refractivity contribution is 0.590. The van der Waals surface area contributed by atoms with Crippen LogP contribution in [0.15, 0.2) is 121 Å². The Labute approximate surface area is 334 Å². The number of nitrogens with zero attached hydrogens (tertiary/aromatic N) is 2. The van der Waals surface area contributed by atoms with E-state index in [0.29, 0.717) is 0 Å². The number of aromatic amines is 2. The first-order chi connectivity index (χ1) is 26.3. The summed E-state index contributed by atoms with van der Waals surface area (Å²) >= 11 is 0. The van der Waals surface area contributed by atoms with Gasteiger partial charge in [-0.05, 0) is 43.9 Å². The summed E-state index contributed by atoms with van der Waals surface area (Å²) < 4.78 is 0. The second-order valence-electron chi connectivity index (χ2n) is 19.5. The summed E-state index contributed by atoms with van der Waals surface area (Å²) in [4.78, 5) is 18.0. The maximum Gasteiger partial charge on any atom is 0.138 e. The molecule has 0 aliphatic carbocycles. The van der Waals surface area contributed by atoms with Crippen molar-refractivity contribution in [2.75, 3.05) is 0 Å². The SMILES string of the molecule is CC(C)(C)c1ccc(-c2nc(-c3ccc(-c4nc(-c5ccc(C(C)(C)C)cc5)c(-c5ccc(C(C)(C)C)cc5)[nH]4)cc3)[nH]c2-c2ccc(C(C)(C)C)cc2)cc1. The molecule has 0 atom stereocenters. The van der Waals surface area contributed by atoms with Crippen LogP contribution in [-0.2, 0) is 21.7 Å². The van der Waals surface area contributed by atoms with E-state index in [2.05, 4.69) is 214 Å². The molecule has 0 bridgehead atoms. The summed E-state index contributed by atoms with van der Waals surface area (Å²) in [5.41, 5.74) is 15.9. The molecule has 5 aromatic carbocycles. The van der Waals surface area contributed by atoms with Gasteiger partial charge in [-0.25, -0.2) is 9.97 Å². The molecule has 0 aliphatic heterocycles. The van der Waals surface area contributed by atoms with E-state index in [0.717, 1.165) is 67.8 Å². The van der Waals surface area contributed by atoms with Crippen LogP contribution in [0.2, 0.25) is 0 Å². The zero-order valence-corrected chi connectivity index (χ0v) is 35.4. The number of nitrogens with one attached hydrogen (secondary N) is 2. The molecule has 2 heterocycles. The standard InChI is InChI=1S/C52H58N4/c1-49(2,3)39-25-17-33(18-26-39)43-44(34-19-27-40(28-20-34)50(4,5)6)54-47(53-43)37-13-15-38(16-14-37)48-55-45(35-21-29-41(30-22-35)51(7,8)9)46(56-48)36-23-31-42(32-24-36)52(10,11)12/h13-32H,1-12H3,(H,53,54)(H,55,56). The average molecular weight is 739 g/mol. The Morgan fingerprint density at radius 1 is 0.286 bits per heavy atom. The van der Waals surface area contributed by atoms with Crippen LogP contribution in [0.3, 0.4) is 0 Å². The van der Waals surface area contributed by atoms with Crippen molar-refractivity contribution < 1.29 is 0 Å². The summed E-state index contributed by atoms with van der Waals surface area (Å²) in [6.07, 6.45) is 0. The number of hydrogen-bond donors (Lipinski definition) is 2. The highest BCUT2D eigenvalue weighted by molar-refractivity contribution is 5.83. The molecule has 0 unspecified atom stereocenters. The number of benzene rings is 5. The van der Waals surface area contributed by atoms with Gasteiger partial charge in [-0.15, -0.1) is 0 Å². The van der Waals surface area contributed by atoms with Crippen LogP contribution in [0.4, 0.5) is 0 Å². The van der Waals surface area contributed by atoms with Crippen molar-refractivity contribution in [1.82, 2.24) is 19.9 Å². The Morgan fingerprint density at radius 3 is 0.732 bits per heavy atom. The van der Waals surface area contributed by atoms with E-state index in [1.165, 1.54) is 22.3 Å². The van der Waals surface area contributed by atoms with Gasteiger partial charge < -0.3 is 9.97 Å². The molecule has 4 nitrogen and oxygen atoms in total. The molecule has 2 N–H and O–H groups in total. The molecule has 0 saturated carbocycles. The summed E-state index contributed by atoms with van der Waals surface area (Å²) in [5.74, 6) is 1.67. The molecule has 0 radical (unpaired) electrons. The third kappa shape index (κ3) is 8.07. The molecule has 0 aliphatic rings. The van der Waals surface area contributed by atoms with Gasteiger partial charge in [-0.1, -0.05) is 204 Å². The highest BCUT2D eigenvalue weighted by atomic mass is 14.9. The molecule has 4 heteroatoms. The van der Waals surface area contributed by atoms with E-state index in [-0.39, 0.29) is 21.7 Å². The van der Waals surface area contributed by atoms with E-state index in [4.69, 9.17) is 9.97 Å². The fourth-order valence-corrected chi connectivity index (χ4v) is 7.17. The van der Waals surface area contributed by atoms with Gasteiger partial charge in [0, 0.05) is 33.4 Å². The molecule has 0 fully saturated rings. The lowest BCUT2D eigenvalue weighted by Gasteiger charge is -2.19. The van der Waals surface area contributed by atoms with Crippen molar-refractivity contribution in [2.45, 2.75) is 105 Å². The minimum absolute atomic E-state index is 0.0753. The lowest BCUT2D eigenvalue weighted by atomic mass is 9.86. The Morgan fingerprint density at radius 2 is 0.500 bits per heavy atom. The number of imidazole rings is 2. The number of hydrogen-bond acceptors (Lipinski definition) is 2. The van der Waals surface area contributed by atoms with Crippen LogP contribution in [0.25, 0.3) is 67.8 Å². The van der Waals surface area contributed by atoms with Crippen LogP contribution < -0.4 is 0 Å². The predicted molar refractivity (Wildman–Crippen MR) is 238 cm³/mol. The highest BCUT2D eigenvalue weighted by Crippen LogP contribution is 2.38. The number of aromatic nitrogens is 4. The van der Waals surface area contributed by atoms with Gasteiger partial charge >= 0.3 is 0 Å². The molecule has 7 rings (SSSR count). The molecule has 2 aromatic heterocycles. The van der Waals surface area contributed by atoms with Crippen molar-refractivity contribution in [1.29, 1.82) is 0 Å². The number of H-pyrrole nitrogens is 2. The molecule has 0 spiro atoms. The Hall–Kier alpha value is -5.48. The van der Waals surface area contributed by atoms with Gasteiger partial charge in [-0.2, -0.15) is 0 Å². The minimum atomic E-state index is 0.0753. The molecular formula is C52H58N4. The van der Waals surface area contributed by atoms with Crippen LogP contribution in [0.5, 0.6) is 0 Å². The van der Waals surface area contributed by atoms with Gasteiger partial charge in [-0.3, -0.25) is 0 Å². The van der Waals surface area contributed by atoms with Crippen molar-refractivity contribution >= 4 is 0 Å². The van der Waals surface area contributed by atoms with E-state index in [1.807, 2.05) is 0 Å². The first kappa shape index (κ1) is 38.8. The first-order valence-corrected chi connectivity index (χ1v) is 20.0. The normalized spacial score (nSPS) is 12.6. The van der Waals surface area contributed by atoms with Crippen molar-refractivity contribution in [2.24, 2.45) is 0 Å². The summed E-state index contributed by atoms with van der Waals surface area (Å²) in [6.45, 7) is 27.0. The Kier molecular flexibility index (Phi) is 9.85. The lowest BCUT2D eigenvalue weighted by Crippen LogP contribution is -2.10. The van der Waals surface area contributed by atoms with Gasteiger partial charge in [0.15, 0.2) is 0 Å². The Bertz CT molecular complexity index is 2100. The molecular weight excluding hydrogens is 681 g/mol. The monoisotopic (exact) mass is 738 g/mol. The fourth-order valence-electron chi connectivity index (χ4n) is 7.17. The first-order valence-electron chi connectivity index (χ1n) is 20.0. The summed E-state index contributed by atoms with van der Waals surface area (Å²) in [5, 5.41) is 0. The van der Waals surface area contributed by atoms with E-state index in [1.54, 1.807) is 0 Å². The largest absolute Gasteiger partial charge is 0.337 e. The Balaban J connectivity index is 1.27. The molecule has 286 valence electrons. The van der Waals surface area contributed by atoms with E-state index < -0.39 is 0 Å². The van der Waals surface area contributed by atoms with Crippen LogP contribution >= 0.6 is 0 Å². The van der Waals surface area contributed by atoms with Crippen molar-refractivity contribution in [3.63, 3.8) is 0 Å². The quantitative estimate of drug-likeness (QED) is 0.178. The van der Waals surface area contributed by atoms with E-state index in [9.17, 15) is 0 Å². The number of rotatable bonds is 6. The summed E-state index contributed by atoms with van der Waals surface area (Å²) in [6, 6.07) is 44.1. The second kappa shape index (κ2) is 14.2. The maximum atomic E-state index is 5.26. The second-order valence-corrected chi connectivity index (χ2v) is 19.5.